The zero-order valence-corrected chi connectivity index (χ0v) is 23.4. The summed E-state index contributed by atoms with van der Waals surface area (Å²) < 4.78 is 12.1. The van der Waals surface area contributed by atoms with E-state index in [9.17, 15) is 4.79 Å². The molecule has 3 aromatic carbocycles. The van der Waals surface area contributed by atoms with Gasteiger partial charge in [0.2, 0.25) is 0 Å². The van der Waals surface area contributed by atoms with E-state index in [0.29, 0.717) is 33.3 Å². The summed E-state index contributed by atoms with van der Waals surface area (Å²) in [7, 11) is 1.62. The normalized spacial score (nSPS) is 15.8. The molecule has 0 atom stereocenters. The number of methoxy groups -OCH3 is 1. The molecule has 35 heavy (non-hydrogen) atoms. The van der Waals surface area contributed by atoms with Crippen molar-refractivity contribution in [2.24, 2.45) is 4.99 Å². The third-order valence-electron chi connectivity index (χ3n) is 5.15. The summed E-state index contributed by atoms with van der Waals surface area (Å²) in [6.07, 6.45) is 1.88. The van der Waals surface area contributed by atoms with Crippen LogP contribution in [0.4, 0.5) is 5.69 Å². The fourth-order valence-corrected chi connectivity index (χ4v) is 5.53. The maximum Gasteiger partial charge on any atom is 0.266 e. The van der Waals surface area contributed by atoms with Gasteiger partial charge < -0.3 is 9.47 Å². The smallest absolute Gasteiger partial charge is 0.266 e. The molecular weight excluding hydrogens is 618 g/mol. The lowest BCUT2D eigenvalue weighted by molar-refractivity contribution is -0.122. The van der Waals surface area contributed by atoms with E-state index in [1.54, 1.807) is 24.1 Å². The van der Waals surface area contributed by atoms with Crippen molar-refractivity contribution in [3.63, 3.8) is 0 Å². The van der Waals surface area contributed by atoms with E-state index in [2.05, 4.69) is 27.6 Å². The highest BCUT2D eigenvalue weighted by Gasteiger charge is 2.32. The number of nitrogens with zero attached hydrogens (tertiary/aromatic N) is 2. The Morgan fingerprint density at radius 2 is 1.86 bits per heavy atom. The molecule has 0 saturated carbocycles. The zero-order chi connectivity index (χ0) is 24.9. The van der Waals surface area contributed by atoms with Crippen LogP contribution in [-0.4, -0.2) is 29.6 Å². The molecule has 9 heteroatoms. The Labute approximate surface area is 232 Å². The van der Waals surface area contributed by atoms with Crippen LogP contribution in [0.3, 0.4) is 0 Å². The minimum Gasteiger partial charge on any atom is -0.497 e. The molecule has 5 nitrogen and oxygen atoms in total. The van der Waals surface area contributed by atoms with E-state index >= 15 is 0 Å². The summed E-state index contributed by atoms with van der Waals surface area (Å²) in [5.41, 5.74) is 2.52. The number of benzene rings is 3. The third kappa shape index (κ3) is 6.33. The van der Waals surface area contributed by atoms with Crippen molar-refractivity contribution in [2.45, 2.75) is 13.5 Å². The molecule has 4 rings (SSSR count). The first-order valence-electron chi connectivity index (χ1n) is 10.7. The van der Waals surface area contributed by atoms with Crippen LogP contribution in [0.15, 0.2) is 70.6 Å². The largest absolute Gasteiger partial charge is 0.497 e. The van der Waals surface area contributed by atoms with Gasteiger partial charge in [-0.15, -0.1) is 0 Å². The molecule has 0 N–H and O–H groups in total. The Morgan fingerprint density at radius 3 is 2.51 bits per heavy atom. The van der Waals surface area contributed by atoms with Gasteiger partial charge in [-0.2, -0.15) is 0 Å². The van der Waals surface area contributed by atoms with Crippen molar-refractivity contribution < 1.29 is 14.3 Å². The average Bonchev–Trinajstić information content (AvgIpc) is 3.13. The van der Waals surface area contributed by atoms with E-state index in [-0.39, 0.29) is 5.91 Å². The van der Waals surface area contributed by atoms with Crippen LogP contribution in [-0.2, 0) is 11.4 Å². The molecule has 0 aromatic heterocycles. The first-order valence-corrected chi connectivity index (χ1v) is 13.3. The highest BCUT2D eigenvalue weighted by atomic mass is 127. The van der Waals surface area contributed by atoms with Crippen molar-refractivity contribution in [3.8, 4) is 11.5 Å². The summed E-state index contributed by atoms with van der Waals surface area (Å²) in [6, 6.07) is 18.6. The van der Waals surface area contributed by atoms with Gasteiger partial charge in [0.05, 0.1) is 21.3 Å². The molecule has 0 spiro atoms. The zero-order valence-electron chi connectivity index (χ0n) is 18.9. The molecule has 3 aromatic rings. The number of halogens is 3. The van der Waals surface area contributed by atoms with Crippen LogP contribution in [0, 0.1) is 3.57 Å². The number of carbonyl (C=O) groups is 1. The summed E-state index contributed by atoms with van der Waals surface area (Å²) in [5, 5.41) is 1.81. The third-order valence-corrected chi connectivity index (χ3v) is 7.59. The minimum atomic E-state index is -0.0579. The van der Waals surface area contributed by atoms with Crippen LogP contribution in [0.1, 0.15) is 18.1 Å². The van der Waals surface area contributed by atoms with Crippen LogP contribution in [0.5, 0.6) is 11.5 Å². The lowest BCUT2D eigenvalue weighted by atomic mass is 10.2. The first-order chi connectivity index (χ1) is 16.9. The van der Waals surface area contributed by atoms with Crippen molar-refractivity contribution in [1.82, 2.24) is 4.90 Å². The minimum absolute atomic E-state index is 0.0579. The topological polar surface area (TPSA) is 51.1 Å². The molecule has 0 bridgehead atoms. The Hall–Kier alpha value is -2.20. The van der Waals surface area contributed by atoms with Gasteiger partial charge in [-0.1, -0.05) is 35.3 Å². The number of rotatable bonds is 7. The molecule has 1 heterocycles. The van der Waals surface area contributed by atoms with E-state index in [1.807, 2.05) is 61.5 Å². The van der Waals surface area contributed by atoms with Crippen LogP contribution in [0.25, 0.3) is 6.08 Å². The summed E-state index contributed by atoms with van der Waals surface area (Å²) in [5.74, 6) is 1.44. The highest BCUT2D eigenvalue weighted by Crippen LogP contribution is 2.35. The summed E-state index contributed by atoms with van der Waals surface area (Å²) in [4.78, 5) is 20.0. The summed E-state index contributed by atoms with van der Waals surface area (Å²) in [6.45, 7) is 2.81. The number of carbonyl (C=O) groups excluding carboxylic acids is 1. The Morgan fingerprint density at radius 1 is 1.09 bits per heavy atom. The van der Waals surface area contributed by atoms with Crippen molar-refractivity contribution in [2.75, 3.05) is 13.7 Å². The Kier molecular flexibility index (Phi) is 8.64. The number of likely N-dealkylation sites (N-methyl/N-ethyl adjacent to an activating group) is 1. The molecule has 1 amide bonds. The lowest BCUT2D eigenvalue weighted by Gasteiger charge is -2.12. The fraction of sp³-hybridized carbons (Fsp3) is 0.154. The van der Waals surface area contributed by atoms with Crippen molar-refractivity contribution in [3.05, 3.63) is 90.3 Å². The van der Waals surface area contributed by atoms with Gasteiger partial charge in [-0.05, 0) is 101 Å². The quantitative estimate of drug-likeness (QED) is 0.196. The molecule has 1 aliphatic rings. The van der Waals surface area contributed by atoms with Crippen molar-refractivity contribution >= 4 is 80.4 Å². The number of ether oxygens (including phenoxy) is 2. The second-order valence-electron chi connectivity index (χ2n) is 7.47. The van der Waals surface area contributed by atoms with Gasteiger partial charge in [0.15, 0.2) is 5.17 Å². The fourth-order valence-electron chi connectivity index (χ4n) is 3.31. The predicted molar refractivity (Wildman–Crippen MR) is 153 cm³/mol. The monoisotopic (exact) mass is 638 g/mol. The molecular formula is C26H21Cl2IN2O3S. The number of thioether (sulfide) groups is 1. The van der Waals surface area contributed by atoms with Gasteiger partial charge in [0, 0.05) is 22.2 Å². The standard InChI is InChI=1S/C26H21Cl2IN2O3S/c1-3-31-25(32)24(35-26(31)30-19-7-9-20(33-2)10-8-19)13-16-4-11-23(22(29)12-16)34-15-17-5-6-18(27)14-21(17)28/h4-14H,3,15H2,1-2H3/b24-13+,30-26?. The second-order valence-corrected chi connectivity index (χ2v) is 10.5. The predicted octanol–water partition coefficient (Wildman–Crippen LogP) is 7.81. The van der Waals surface area contributed by atoms with Gasteiger partial charge in [0.25, 0.3) is 5.91 Å². The molecule has 1 aliphatic heterocycles. The number of aliphatic imine (C=N–C) groups is 1. The highest BCUT2D eigenvalue weighted by molar-refractivity contribution is 14.1. The molecule has 0 radical (unpaired) electrons. The Balaban J connectivity index is 1.50. The number of amides is 1. The van der Waals surface area contributed by atoms with E-state index in [0.717, 1.165) is 31.9 Å². The summed E-state index contributed by atoms with van der Waals surface area (Å²) >= 11 is 15.8. The van der Waals surface area contributed by atoms with Gasteiger partial charge in [0.1, 0.15) is 18.1 Å². The maximum absolute atomic E-state index is 13.0. The van der Waals surface area contributed by atoms with Crippen LogP contribution >= 0.6 is 57.6 Å². The van der Waals surface area contributed by atoms with E-state index in [1.165, 1.54) is 11.8 Å². The number of hydrogen-bond acceptors (Lipinski definition) is 5. The van der Waals surface area contributed by atoms with Crippen LogP contribution in [0.2, 0.25) is 10.0 Å². The van der Waals surface area contributed by atoms with E-state index in [4.69, 9.17) is 32.7 Å². The van der Waals surface area contributed by atoms with Gasteiger partial charge in [-0.3, -0.25) is 9.69 Å². The lowest BCUT2D eigenvalue weighted by Crippen LogP contribution is -2.28. The van der Waals surface area contributed by atoms with Gasteiger partial charge in [-0.25, -0.2) is 4.99 Å². The SMILES string of the molecule is CCN1C(=O)/C(=C\c2ccc(OCc3ccc(Cl)cc3Cl)c(I)c2)SC1=Nc1ccc(OC)cc1. The molecule has 0 aliphatic carbocycles. The molecule has 0 unspecified atom stereocenters. The van der Waals surface area contributed by atoms with E-state index < -0.39 is 0 Å². The number of hydrogen-bond donors (Lipinski definition) is 0. The average molecular weight is 639 g/mol. The van der Waals surface area contributed by atoms with Crippen LogP contribution < -0.4 is 9.47 Å². The number of amidine groups is 1. The molecule has 1 saturated heterocycles. The molecule has 180 valence electrons. The van der Waals surface area contributed by atoms with Crippen molar-refractivity contribution in [1.29, 1.82) is 0 Å². The molecule has 1 fully saturated rings. The first kappa shape index (κ1) is 25.9. The van der Waals surface area contributed by atoms with Gasteiger partial charge >= 0.3 is 0 Å². The Bertz CT molecular complexity index is 1310. The maximum atomic E-state index is 13.0. The second kappa shape index (κ2) is 11.7.